The Hall–Kier alpha value is -1.64. The number of nitrogens with zero attached hydrogens (tertiary/aromatic N) is 2. The van der Waals surface area contributed by atoms with E-state index in [9.17, 15) is 0 Å². The monoisotopic (exact) mass is 144 g/mol. The average molecular weight is 144 g/mol. The second-order valence-electron chi connectivity index (χ2n) is 2.15. The van der Waals surface area contributed by atoms with E-state index >= 15 is 0 Å². The highest BCUT2D eigenvalue weighted by atomic mass is 15.1. The molecule has 0 unspecified atom stereocenters. The van der Waals surface area contributed by atoms with Gasteiger partial charge in [-0.25, -0.2) is 0 Å². The summed E-state index contributed by atoms with van der Waals surface area (Å²) in [5.41, 5.74) is 1.97. The van der Waals surface area contributed by atoms with Gasteiger partial charge in [-0.3, -0.25) is 10.1 Å². The zero-order valence-electron chi connectivity index (χ0n) is 5.78. The Balaban J connectivity index is 2.46. The number of aromatic nitrogens is 3. The molecule has 0 aliphatic heterocycles. The van der Waals surface area contributed by atoms with E-state index in [0.29, 0.717) is 0 Å². The molecule has 3 heteroatoms. The summed E-state index contributed by atoms with van der Waals surface area (Å²) in [4.78, 5) is 3.87. The molecule has 2 rings (SSSR count). The molecule has 0 saturated carbocycles. The number of hydrogen-bond donors (Lipinski definition) is 1. The van der Waals surface area contributed by atoms with Crippen LogP contribution in [0.5, 0.6) is 0 Å². The minimum absolute atomic E-state index is 0.959. The van der Waals surface area contributed by atoms with Crippen LogP contribution in [0, 0.1) is 6.20 Å². The van der Waals surface area contributed by atoms with Gasteiger partial charge in [-0.2, -0.15) is 5.10 Å². The van der Waals surface area contributed by atoms with E-state index in [1.165, 1.54) is 0 Å². The summed E-state index contributed by atoms with van der Waals surface area (Å²) in [6.45, 7) is 0. The summed E-state index contributed by atoms with van der Waals surface area (Å²) >= 11 is 0. The minimum Gasteiger partial charge on any atom is -0.285 e. The number of rotatable bonds is 1. The first-order valence-corrected chi connectivity index (χ1v) is 3.28. The molecule has 0 saturated heterocycles. The zero-order valence-corrected chi connectivity index (χ0v) is 5.78. The fraction of sp³-hybridized carbons (Fsp3) is 0. The van der Waals surface area contributed by atoms with Gasteiger partial charge >= 0.3 is 0 Å². The summed E-state index contributed by atoms with van der Waals surface area (Å²) in [5.74, 6) is 0. The molecule has 2 aromatic rings. The number of H-pyrrole nitrogens is 1. The molecule has 0 amide bonds. The molecule has 0 spiro atoms. The van der Waals surface area contributed by atoms with Crippen molar-refractivity contribution in [2.75, 3.05) is 0 Å². The molecule has 3 nitrogen and oxygen atoms in total. The van der Waals surface area contributed by atoms with Crippen molar-refractivity contribution in [3.8, 4) is 11.1 Å². The lowest BCUT2D eigenvalue weighted by molar-refractivity contribution is 1.09. The van der Waals surface area contributed by atoms with Gasteiger partial charge in [0.15, 0.2) is 0 Å². The lowest BCUT2D eigenvalue weighted by Crippen LogP contribution is -1.75. The van der Waals surface area contributed by atoms with Crippen LogP contribution in [0.1, 0.15) is 0 Å². The van der Waals surface area contributed by atoms with Crippen molar-refractivity contribution >= 4 is 0 Å². The van der Waals surface area contributed by atoms with E-state index in [0.717, 1.165) is 11.1 Å². The first-order chi connectivity index (χ1) is 5.47. The molecule has 2 heterocycles. The normalized spacial score (nSPS) is 9.82. The highest BCUT2D eigenvalue weighted by molar-refractivity contribution is 5.59. The van der Waals surface area contributed by atoms with Crippen LogP contribution in [0.25, 0.3) is 11.1 Å². The van der Waals surface area contributed by atoms with Gasteiger partial charge in [-0.05, 0) is 6.07 Å². The van der Waals surface area contributed by atoms with Crippen LogP contribution in [-0.2, 0) is 0 Å². The van der Waals surface area contributed by atoms with E-state index in [1.54, 1.807) is 12.4 Å². The zero-order chi connectivity index (χ0) is 7.52. The Kier molecular flexibility index (Phi) is 1.41. The molecule has 0 fully saturated rings. The van der Waals surface area contributed by atoms with Gasteiger partial charge in [-0.1, -0.05) is 6.07 Å². The van der Waals surface area contributed by atoms with Crippen molar-refractivity contribution < 1.29 is 0 Å². The van der Waals surface area contributed by atoms with Crippen LogP contribution < -0.4 is 0 Å². The first-order valence-electron chi connectivity index (χ1n) is 3.28. The van der Waals surface area contributed by atoms with Gasteiger partial charge in [0.1, 0.15) is 0 Å². The van der Waals surface area contributed by atoms with Crippen molar-refractivity contribution in [2.45, 2.75) is 0 Å². The first kappa shape index (κ1) is 6.09. The summed E-state index contributed by atoms with van der Waals surface area (Å²) < 4.78 is 0. The van der Waals surface area contributed by atoms with Crippen LogP contribution in [-0.4, -0.2) is 15.2 Å². The SMILES string of the molecule is [c]1ncccc1-c1cn[nH]c1. The summed E-state index contributed by atoms with van der Waals surface area (Å²) in [7, 11) is 0. The van der Waals surface area contributed by atoms with Gasteiger partial charge in [0.2, 0.25) is 0 Å². The van der Waals surface area contributed by atoms with Crippen molar-refractivity contribution in [3.63, 3.8) is 0 Å². The predicted octanol–water partition coefficient (Wildman–Crippen LogP) is 1.27. The fourth-order valence-electron chi connectivity index (χ4n) is 0.885. The average Bonchev–Trinajstić information content (AvgIpc) is 2.58. The van der Waals surface area contributed by atoms with E-state index < -0.39 is 0 Å². The van der Waals surface area contributed by atoms with Crippen molar-refractivity contribution in [1.82, 2.24) is 15.2 Å². The molecule has 0 aromatic carbocycles. The highest BCUT2D eigenvalue weighted by Crippen LogP contribution is 2.13. The Morgan fingerprint density at radius 2 is 2.45 bits per heavy atom. The molecule has 0 bridgehead atoms. The Morgan fingerprint density at radius 1 is 1.45 bits per heavy atom. The highest BCUT2D eigenvalue weighted by Gasteiger charge is 1.95. The Labute approximate surface area is 64.1 Å². The maximum absolute atomic E-state index is 3.87. The van der Waals surface area contributed by atoms with Crippen LogP contribution in [0.3, 0.4) is 0 Å². The molecule has 1 N–H and O–H groups in total. The third-order valence-corrected chi connectivity index (χ3v) is 1.42. The van der Waals surface area contributed by atoms with Crippen LogP contribution >= 0.6 is 0 Å². The predicted molar refractivity (Wildman–Crippen MR) is 40.7 cm³/mol. The Bertz CT molecular complexity index is 312. The second kappa shape index (κ2) is 2.54. The van der Waals surface area contributed by atoms with E-state index in [1.807, 2.05) is 18.3 Å². The quantitative estimate of drug-likeness (QED) is 0.654. The van der Waals surface area contributed by atoms with E-state index in [2.05, 4.69) is 21.4 Å². The number of aromatic amines is 1. The molecule has 11 heavy (non-hydrogen) atoms. The third kappa shape index (κ3) is 1.12. The topological polar surface area (TPSA) is 41.6 Å². The Morgan fingerprint density at radius 3 is 3.09 bits per heavy atom. The molecule has 0 aliphatic carbocycles. The molecule has 2 aromatic heterocycles. The maximum atomic E-state index is 3.87. The number of hydrogen-bond acceptors (Lipinski definition) is 2. The molecule has 0 atom stereocenters. The van der Waals surface area contributed by atoms with Crippen molar-refractivity contribution in [2.24, 2.45) is 0 Å². The molecular weight excluding hydrogens is 138 g/mol. The maximum Gasteiger partial charge on any atom is 0.0971 e. The van der Waals surface area contributed by atoms with Crippen LogP contribution in [0.15, 0.2) is 30.7 Å². The standard InChI is InChI=1S/C8H6N3/c1-2-7(4-9-3-1)8-5-10-11-6-8/h1-3,5-6H,(H,10,11). The molecule has 0 aliphatic rings. The van der Waals surface area contributed by atoms with Gasteiger partial charge in [0, 0.05) is 23.5 Å². The van der Waals surface area contributed by atoms with Crippen molar-refractivity contribution in [1.29, 1.82) is 0 Å². The van der Waals surface area contributed by atoms with Gasteiger partial charge in [0.05, 0.1) is 12.4 Å². The fourth-order valence-corrected chi connectivity index (χ4v) is 0.885. The van der Waals surface area contributed by atoms with Gasteiger partial charge < -0.3 is 0 Å². The third-order valence-electron chi connectivity index (χ3n) is 1.42. The van der Waals surface area contributed by atoms with Gasteiger partial charge in [0.25, 0.3) is 0 Å². The lowest BCUT2D eigenvalue weighted by Gasteiger charge is -1.90. The lowest BCUT2D eigenvalue weighted by atomic mass is 10.2. The summed E-state index contributed by atoms with van der Waals surface area (Å²) in [6.07, 6.45) is 8.12. The molecule has 1 radical (unpaired) electrons. The second-order valence-corrected chi connectivity index (χ2v) is 2.15. The van der Waals surface area contributed by atoms with Crippen LogP contribution in [0.4, 0.5) is 0 Å². The largest absolute Gasteiger partial charge is 0.285 e. The minimum atomic E-state index is 0.959. The smallest absolute Gasteiger partial charge is 0.0971 e. The summed E-state index contributed by atoms with van der Waals surface area (Å²) in [5, 5.41) is 6.56. The van der Waals surface area contributed by atoms with Crippen LogP contribution in [0.2, 0.25) is 0 Å². The van der Waals surface area contributed by atoms with Gasteiger partial charge in [-0.15, -0.1) is 0 Å². The summed E-state index contributed by atoms with van der Waals surface area (Å²) in [6, 6.07) is 3.82. The number of pyridine rings is 1. The molecular formula is C8H6N3. The van der Waals surface area contributed by atoms with Crippen molar-refractivity contribution in [3.05, 3.63) is 36.9 Å². The van der Waals surface area contributed by atoms with E-state index in [4.69, 9.17) is 0 Å². The number of nitrogens with one attached hydrogen (secondary N) is 1. The van der Waals surface area contributed by atoms with E-state index in [-0.39, 0.29) is 0 Å². The molecule has 53 valence electrons.